The molecule has 0 bridgehead atoms. The second kappa shape index (κ2) is 5.50. The van der Waals surface area contributed by atoms with Crippen LogP contribution in [0.25, 0.3) is 0 Å². The van der Waals surface area contributed by atoms with Crippen LogP contribution in [0.5, 0.6) is 0 Å². The smallest absolute Gasteiger partial charge is 0.104 e. The van der Waals surface area contributed by atoms with E-state index in [-0.39, 0.29) is 0 Å². The van der Waals surface area contributed by atoms with Gasteiger partial charge in [0.1, 0.15) is 6.10 Å². The highest BCUT2D eigenvalue weighted by Crippen LogP contribution is 2.37. The van der Waals surface area contributed by atoms with Gasteiger partial charge in [0.05, 0.1) is 19.3 Å². The highest BCUT2D eigenvalue weighted by molar-refractivity contribution is 4.84. The summed E-state index contributed by atoms with van der Waals surface area (Å²) in [5.41, 5.74) is 0. The molecule has 2 fully saturated rings. The first-order valence-corrected chi connectivity index (χ1v) is 6.93. The molecule has 1 aliphatic carbocycles. The molecule has 0 aromatic heterocycles. The van der Waals surface area contributed by atoms with Crippen LogP contribution in [0.3, 0.4) is 0 Å². The molecule has 1 aliphatic heterocycles. The first-order chi connectivity index (χ1) is 7.70. The van der Waals surface area contributed by atoms with E-state index in [0.29, 0.717) is 12.2 Å². The zero-order valence-electron chi connectivity index (χ0n) is 10.9. The fraction of sp³-hybridized carbons (Fsp3) is 1.00. The maximum Gasteiger partial charge on any atom is 0.104 e. The van der Waals surface area contributed by atoms with Crippen molar-refractivity contribution in [3.8, 4) is 0 Å². The SMILES string of the molecule is CCCC1CC(C)C(OCC2CO2)C(C)C1. The van der Waals surface area contributed by atoms with Crippen molar-refractivity contribution in [3.05, 3.63) is 0 Å². The van der Waals surface area contributed by atoms with Crippen LogP contribution < -0.4 is 0 Å². The fourth-order valence-corrected chi connectivity index (χ4v) is 3.33. The number of rotatable bonds is 5. The Morgan fingerprint density at radius 1 is 1.19 bits per heavy atom. The van der Waals surface area contributed by atoms with E-state index in [4.69, 9.17) is 9.47 Å². The second-order valence-corrected chi connectivity index (χ2v) is 5.83. The molecule has 3 unspecified atom stereocenters. The van der Waals surface area contributed by atoms with Gasteiger partial charge in [0, 0.05) is 0 Å². The third-order valence-corrected chi connectivity index (χ3v) is 4.11. The van der Waals surface area contributed by atoms with Crippen LogP contribution in [0.4, 0.5) is 0 Å². The average molecular weight is 226 g/mol. The van der Waals surface area contributed by atoms with Crippen molar-refractivity contribution in [1.29, 1.82) is 0 Å². The lowest BCUT2D eigenvalue weighted by atomic mass is 9.73. The molecule has 16 heavy (non-hydrogen) atoms. The Morgan fingerprint density at radius 3 is 2.31 bits per heavy atom. The highest BCUT2D eigenvalue weighted by atomic mass is 16.6. The normalized spacial score (nSPS) is 43.3. The third kappa shape index (κ3) is 3.21. The molecule has 2 nitrogen and oxygen atoms in total. The van der Waals surface area contributed by atoms with E-state index in [1.54, 1.807) is 0 Å². The van der Waals surface area contributed by atoms with Gasteiger partial charge in [-0.3, -0.25) is 0 Å². The highest BCUT2D eigenvalue weighted by Gasteiger charge is 2.35. The molecule has 0 aromatic rings. The minimum Gasteiger partial charge on any atom is -0.375 e. The summed E-state index contributed by atoms with van der Waals surface area (Å²) in [5.74, 6) is 2.38. The summed E-state index contributed by atoms with van der Waals surface area (Å²) in [6.45, 7) is 8.74. The Balaban J connectivity index is 1.79. The topological polar surface area (TPSA) is 21.8 Å². The standard InChI is InChI=1S/C14H26O2/c1-4-5-12-6-10(2)14(11(3)7-12)16-9-13-8-15-13/h10-14H,4-9H2,1-3H3. The van der Waals surface area contributed by atoms with Crippen LogP contribution in [0, 0.1) is 17.8 Å². The van der Waals surface area contributed by atoms with E-state index in [0.717, 1.165) is 31.0 Å². The fourth-order valence-electron chi connectivity index (χ4n) is 3.33. The minimum atomic E-state index is 0.410. The third-order valence-electron chi connectivity index (χ3n) is 4.11. The van der Waals surface area contributed by atoms with Crippen molar-refractivity contribution in [2.75, 3.05) is 13.2 Å². The molecule has 0 N–H and O–H groups in total. The van der Waals surface area contributed by atoms with Gasteiger partial charge in [0.15, 0.2) is 0 Å². The zero-order chi connectivity index (χ0) is 11.5. The van der Waals surface area contributed by atoms with Crippen molar-refractivity contribution in [2.45, 2.75) is 58.7 Å². The maximum absolute atomic E-state index is 6.03. The molecule has 2 heteroatoms. The van der Waals surface area contributed by atoms with Crippen LogP contribution in [0.1, 0.15) is 46.5 Å². The average Bonchev–Trinajstić information content (AvgIpc) is 3.00. The molecular weight excluding hydrogens is 200 g/mol. The van der Waals surface area contributed by atoms with Crippen molar-refractivity contribution in [3.63, 3.8) is 0 Å². The van der Waals surface area contributed by atoms with E-state index in [1.165, 1.54) is 25.7 Å². The molecule has 0 aromatic carbocycles. The van der Waals surface area contributed by atoms with Crippen LogP contribution in [-0.4, -0.2) is 25.4 Å². The Hall–Kier alpha value is -0.0800. The summed E-state index contributed by atoms with van der Waals surface area (Å²) in [6.07, 6.45) is 6.31. The van der Waals surface area contributed by atoms with Crippen LogP contribution in [0.15, 0.2) is 0 Å². The molecule has 2 rings (SSSR count). The van der Waals surface area contributed by atoms with E-state index in [1.807, 2.05) is 0 Å². The van der Waals surface area contributed by atoms with Crippen LogP contribution >= 0.6 is 0 Å². The first kappa shape index (κ1) is 12.4. The molecule has 0 amide bonds. The summed E-state index contributed by atoms with van der Waals surface area (Å²) in [5, 5.41) is 0. The second-order valence-electron chi connectivity index (χ2n) is 5.83. The van der Waals surface area contributed by atoms with E-state index >= 15 is 0 Å². The number of epoxide rings is 1. The molecule has 3 atom stereocenters. The summed E-state index contributed by atoms with van der Waals surface area (Å²) >= 11 is 0. The molecule has 94 valence electrons. The molecule has 1 saturated heterocycles. The van der Waals surface area contributed by atoms with Gasteiger partial charge in [-0.1, -0.05) is 33.6 Å². The summed E-state index contributed by atoms with van der Waals surface area (Å²) < 4.78 is 11.2. The van der Waals surface area contributed by atoms with Gasteiger partial charge >= 0.3 is 0 Å². The number of ether oxygens (including phenoxy) is 2. The maximum atomic E-state index is 6.03. The Kier molecular flexibility index (Phi) is 4.26. The largest absolute Gasteiger partial charge is 0.375 e. The molecule has 1 heterocycles. The lowest BCUT2D eigenvalue weighted by Gasteiger charge is -2.39. The monoisotopic (exact) mass is 226 g/mol. The molecule has 0 spiro atoms. The lowest BCUT2D eigenvalue weighted by molar-refractivity contribution is -0.0561. The molecular formula is C14H26O2. The predicted molar refractivity (Wildman–Crippen MR) is 65.4 cm³/mol. The van der Waals surface area contributed by atoms with E-state index in [9.17, 15) is 0 Å². The van der Waals surface area contributed by atoms with Crippen molar-refractivity contribution < 1.29 is 9.47 Å². The number of hydrogen-bond donors (Lipinski definition) is 0. The summed E-state index contributed by atoms with van der Waals surface area (Å²) in [7, 11) is 0. The summed E-state index contributed by atoms with van der Waals surface area (Å²) in [4.78, 5) is 0. The predicted octanol–water partition coefficient (Wildman–Crippen LogP) is 3.25. The van der Waals surface area contributed by atoms with Gasteiger partial charge in [-0.2, -0.15) is 0 Å². The summed E-state index contributed by atoms with van der Waals surface area (Å²) in [6, 6.07) is 0. The zero-order valence-corrected chi connectivity index (χ0v) is 10.9. The van der Waals surface area contributed by atoms with Crippen molar-refractivity contribution >= 4 is 0 Å². The Labute approximate surface area is 99.7 Å². The Morgan fingerprint density at radius 2 is 1.81 bits per heavy atom. The van der Waals surface area contributed by atoms with E-state index < -0.39 is 0 Å². The molecule has 1 saturated carbocycles. The Bertz CT molecular complexity index is 201. The van der Waals surface area contributed by atoms with Gasteiger partial charge in [-0.05, 0) is 30.6 Å². The molecule has 0 radical (unpaired) electrons. The van der Waals surface area contributed by atoms with E-state index in [2.05, 4.69) is 20.8 Å². The lowest BCUT2D eigenvalue weighted by Crippen LogP contribution is -2.37. The first-order valence-electron chi connectivity index (χ1n) is 6.93. The van der Waals surface area contributed by atoms with Gasteiger partial charge in [-0.25, -0.2) is 0 Å². The molecule has 2 aliphatic rings. The van der Waals surface area contributed by atoms with Gasteiger partial charge < -0.3 is 9.47 Å². The quantitative estimate of drug-likeness (QED) is 0.671. The van der Waals surface area contributed by atoms with Gasteiger partial charge in [0.25, 0.3) is 0 Å². The van der Waals surface area contributed by atoms with Crippen molar-refractivity contribution in [1.82, 2.24) is 0 Å². The van der Waals surface area contributed by atoms with Gasteiger partial charge in [0.2, 0.25) is 0 Å². The van der Waals surface area contributed by atoms with Gasteiger partial charge in [-0.15, -0.1) is 0 Å². The van der Waals surface area contributed by atoms with Crippen molar-refractivity contribution in [2.24, 2.45) is 17.8 Å². The minimum absolute atomic E-state index is 0.410. The number of hydrogen-bond acceptors (Lipinski definition) is 2. The van der Waals surface area contributed by atoms with Crippen LogP contribution in [-0.2, 0) is 9.47 Å². The van der Waals surface area contributed by atoms with Crippen LogP contribution in [0.2, 0.25) is 0 Å².